The molecule has 2 aromatic carbocycles. The van der Waals surface area contributed by atoms with E-state index < -0.39 is 42.2 Å². The molecule has 2 heterocycles. The number of hydrogen-bond donors (Lipinski definition) is 4. The van der Waals surface area contributed by atoms with E-state index >= 15 is 0 Å². The van der Waals surface area contributed by atoms with Gasteiger partial charge < -0.3 is 34.8 Å². The van der Waals surface area contributed by atoms with Crippen molar-refractivity contribution in [2.45, 2.75) is 37.1 Å². The monoisotopic (exact) mass is 452 g/mol. The van der Waals surface area contributed by atoms with Crippen LogP contribution in [0.5, 0.6) is 5.75 Å². The van der Waals surface area contributed by atoms with Gasteiger partial charge in [0.1, 0.15) is 30.2 Å². The summed E-state index contributed by atoms with van der Waals surface area (Å²) >= 11 is 6.36. The molecule has 0 saturated carbocycles. The maximum absolute atomic E-state index is 11.0. The number of benzene rings is 2. The number of aliphatic hydroxyl groups excluding tert-OH is 4. The van der Waals surface area contributed by atoms with Crippen molar-refractivity contribution in [1.29, 1.82) is 0 Å². The fourth-order valence-electron chi connectivity index (χ4n) is 3.81. The Morgan fingerprint density at radius 2 is 1.94 bits per heavy atom. The Bertz CT molecular complexity index is 988. The van der Waals surface area contributed by atoms with Gasteiger partial charge in [-0.1, -0.05) is 11.6 Å². The molecular formula is C20H21ClN2O8. The number of aliphatic hydroxyl groups is 4. The molecule has 4 rings (SSSR count). The maximum atomic E-state index is 11.0. The Kier molecular flexibility index (Phi) is 6.02. The average molecular weight is 453 g/mol. The molecule has 4 N–H and O–H groups in total. The predicted molar refractivity (Wildman–Crippen MR) is 110 cm³/mol. The Balaban J connectivity index is 1.53. The van der Waals surface area contributed by atoms with Crippen LogP contribution in [0.3, 0.4) is 0 Å². The van der Waals surface area contributed by atoms with Gasteiger partial charge in [-0.3, -0.25) is 10.1 Å². The number of nitro benzene ring substituents is 1. The molecule has 2 aromatic rings. The van der Waals surface area contributed by atoms with Crippen LogP contribution in [-0.4, -0.2) is 69.2 Å². The van der Waals surface area contributed by atoms with E-state index in [1.807, 2.05) is 4.90 Å². The molecule has 11 heteroatoms. The molecule has 0 radical (unpaired) electrons. The first-order chi connectivity index (χ1) is 14.8. The summed E-state index contributed by atoms with van der Waals surface area (Å²) in [4.78, 5) is 12.5. The first kappa shape index (κ1) is 21.8. The van der Waals surface area contributed by atoms with E-state index in [9.17, 15) is 30.5 Å². The van der Waals surface area contributed by atoms with Crippen molar-refractivity contribution >= 4 is 28.7 Å². The van der Waals surface area contributed by atoms with Crippen LogP contribution in [0.15, 0.2) is 36.4 Å². The first-order valence-electron chi connectivity index (χ1n) is 9.61. The fraction of sp³-hybridized carbons (Fsp3) is 0.400. The second kappa shape index (κ2) is 8.58. The van der Waals surface area contributed by atoms with E-state index in [2.05, 4.69) is 0 Å². The minimum atomic E-state index is -1.56. The highest BCUT2D eigenvalue weighted by atomic mass is 35.5. The minimum absolute atomic E-state index is 0.0434. The quantitative estimate of drug-likeness (QED) is 0.387. The smallest absolute Gasteiger partial charge is 0.269 e. The minimum Gasteiger partial charge on any atom is -0.460 e. The summed E-state index contributed by atoms with van der Waals surface area (Å²) in [6, 6.07) is 9.68. The SMILES string of the molecule is O=[N+]([O-])c1ccc2c(c1)CCN2c1ccc(O[C@H]2O[C@H](CO)[C@@H](O)[C@H](O)[C@@H]2O)c(Cl)c1. The summed E-state index contributed by atoms with van der Waals surface area (Å²) in [5.74, 6) is 0.179. The number of hydrogen-bond acceptors (Lipinski definition) is 9. The highest BCUT2D eigenvalue weighted by molar-refractivity contribution is 6.32. The molecule has 1 fully saturated rings. The highest BCUT2D eigenvalue weighted by Crippen LogP contribution is 2.39. The Labute approximate surface area is 182 Å². The molecule has 0 bridgehead atoms. The standard InChI is InChI=1S/C20H21ClN2O8/c21-13-8-11(22-6-5-10-7-12(23(28)29)1-3-14(10)22)2-4-15(13)30-20-19(27)18(26)17(25)16(9-24)31-20/h1-4,7-8,16-20,24-27H,5-6,9H2/t16-,17-,18+,19+,20+/m1/s1. The third-order valence-electron chi connectivity index (χ3n) is 5.49. The largest absolute Gasteiger partial charge is 0.460 e. The molecule has 0 unspecified atom stereocenters. The van der Waals surface area contributed by atoms with Gasteiger partial charge >= 0.3 is 0 Å². The summed E-state index contributed by atoms with van der Waals surface area (Å²) in [5.41, 5.74) is 2.51. The molecule has 0 aromatic heterocycles. The van der Waals surface area contributed by atoms with Crippen molar-refractivity contribution in [3.8, 4) is 5.75 Å². The van der Waals surface area contributed by atoms with Gasteiger partial charge in [-0.25, -0.2) is 0 Å². The molecule has 5 atom stereocenters. The number of nitrogens with zero attached hydrogens (tertiary/aromatic N) is 2. The second-order valence-corrected chi connectivity index (χ2v) is 7.81. The van der Waals surface area contributed by atoms with Gasteiger partial charge in [-0.15, -0.1) is 0 Å². The lowest BCUT2D eigenvalue weighted by Gasteiger charge is -2.39. The van der Waals surface area contributed by atoms with E-state index in [4.69, 9.17) is 21.1 Å². The molecule has 0 amide bonds. The van der Waals surface area contributed by atoms with Crippen LogP contribution in [0, 0.1) is 10.1 Å². The molecule has 0 aliphatic carbocycles. The van der Waals surface area contributed by atoms with Gasteiger partial charge in [0.05, 0.1) is 16.6 Å². The summed E-state index contributed by atoms with van der Waals surface area (Å²) < 4.78 is 10.9. The third kappa shape index (κ3) is 4.05. The van der Waals surface area contributed by atoms with Crippen LogP contribution >= 0.6 is 11.6 Å². The zero-order valence-electron chi connectivity index (χ0n) is 16.2. The first-order valence-corrected chi connectivity index (χ1v) is 9.99. The summed E-state index contributed by atoms with van der Waals surface area (Å²) in [5, 5.41) is 50.4. The molecular weight excluding hydrogens is 432 g/mol. The van der Waals surface area contributed by atoms with Gasteiger partial charge in [-0.05, 0) is 36.2 Å². The lowest BCUT2D eigenvalue weighted by atomic mass is 9.99. The van der Waals surface area contributed by atoms with Crippen molar-refractivity contribution in [3.63, 3.8) is 0 Å². The maximum Gasteiger partial charge on any atom is 0.269 e. The number of nitro groups is 1. The summed E-state index contributed by atoms with van der Waals surface area (Å²) in [7, 11) is 0. The number of fused-ring (bicyclic) bond motifs is 1. The molecule has 2 aliphatic heterocycles. The molecule has 10 nitrogen and oxygen atoms in total. The van der Waals surface area contributed by atoms with Gasteiger partial charge in [0, 0.05) is 30.1 Å². The van der Waals surface area contributed by atoms with Crippen LogP contribution in [0.25, 0.3) is 0 Å². The van der Waals surface area contributed by atoms with E-state index in [1.54, 1.807) is 30.3 Å². The number of non-ortho nitro benzene ring substituents is 1. The third-order valence-corrected chi connectivity index (χ3v) is 5.78. The Morgan fingerprint density at radius 1 is 1.16 bits per heavy atom. The van der Waals surface area contributed by atoms with Gasteiger partial charge in [0.15, 0.2) is 0 Å². The van der Waals surface area contributed by atoms with Gasteiger partial charge in [0.25, 0.3) is 5.69 Å². The fourth-order valence-corrected chi connectivity index (χ4v) is 4.03. The molecule has 1 saturated heterocycles. The second-order valence-electron chi connectivity index (χ2n) is 7.40. The Morgan fingerprint density at radius 3 is 2.61 bits per heavy atom. The number of ether oxygens (including phenoxy) is 2. The highest BCUT2D eigenvalue weighted by Gasteiger charge is 2.44. The van der Waals surface area contributed by atoms with Crippen LogP contribution in [-0.2, 0) is 11.2 Å². The normalized spacial score (nSPS) is 27.8. The van der Waals surface area contributed by atoms with E-state index in [1.165, 1.54) is 6.07 Å². The number of halogens is 1. The number of rotatable bonds is 5. The van der Waals surface area contributed by atoms with Gasteiger partial charge in [-0.2, -0.15) is 0 Å². The number of anilines is 2. The molecule has 31 heavy (non-hydrogen) atoms. The summed E-state index contributed by atoms with van der Waals surface area (Å²) in [6.45, 7) is 0.0593. The predicted octanol–water partition coefficient (Wildman–Crippen LogP) is 1.12. The Hall–Kier alpha value is -2.47. The van der Waals surface area contributed by atoms with Crippen LogP contribution in [0.4, 0.5) is 17.1 Å². The molecule has 2 aliphatic rings. The summed E-state index contributed by atoms with van der Waals surface area (Å²) in [6.07, 6.45) is -6.37. The van der Waals surface area contributed by atoms with Crippen LogP contribution in [0.1, 0.15) is 5.56 Å². The topological polar surface area (TPSA) is 146 Å². The zero-order valence-corrected chi connectivity index (χ0v) is 16.9. The van der Waals surface area contributed by atoms with Crippen molar-refractivity contribution in [2.75, 3.05) is 18.1 Å². The zero-order chi connectivity index (χ0) is 22.3. The van der Waals surface area contributed by atoms with Crippen molar-refractivity contribution in [1.82, 2.24) is 0 Å². The van der Waals surface area contributed by atoms with Crippen molar-refractivity contribution < 1.29 is 34.8 Å². The lowest BCUT2D eigenvalue weighted by Crippen LogP contribution is -2.60. The average Bonchev–Trinajstić information content (AvgIpc) is 3.18. The van der Waals surface area contributed by atoms with Crippen molar-refractivity contribution in [2.24, 2.45) is 0 Å². The van der Waals surface area contributed by atoms with E-state index in [-0.39, 0.29) is 16.5 Å². The van der Waals surface area contributed by atoms with E-state index in [0.717, 1.165) is 16.9 Å². The lowest BCUT2D eigenvalue weighted by molar-refractivity contribution is -0.384. The molecule has 0 spiro atoms. The molecule has 166 valence electrons. The van der Waals surface area contributed by atoms with Crippen LogP contribution < -0.4 is 9.64 Å². The van der Waals surface area contributed by atoms with Crippen molar-refractivity contribution in [3.05, 3.63) is 57.1 Å². The van der Waals surface area contributed by atoms with E-state index in [0.29, 0.717) is 13.0 Å². The van der Waals surface area contributed by atoms with Crippen LogP contribution in [0.2, 0.25) is 5.02 Å². The van der Waals surface area contributed by atoms with Gasteiger partial charge in [0.2, 0.25) is 6.29 Å².